The molecule has 0 radical (unpaired) electrons. The molecule has 22 heavy (non-hydrogen) atoms. The average molecular weight is 338 g/mol. The third kappa shape index (κ3) is 2.59. The van der Waals surface area contributed by atoms with Gasteiger partial charge in [0.15, 0.2) is 5.57 Å². The maximum atomic E-state index is 12.3. The summed E-state index contributed by atoms with van der Waals surface area (Å²) in [6.07, 6.45) is 0. The Kier molecular flexibility index (Phi) is 4.10. The third-order valence-corrected chi connectivity index (χ3v) is 6.05. The number of hydrogen-bond acceptors (Lipinski definition) is 7. The number of benzene rings is 1. The summed E-state index contributed by atoms with van der Waals surface area (Å²) in [6, 6.07) is 6.98. The summed E-state index contributed by atoms with van der Waals surface area (Å²) in [4.78, 5) is 24.7. The molecule has 0 bridgehead atoms. The Morgan fingerprint density at radius 3 is 2.27 bits per heavy atom. The van der Waals surface area contributed by atoms with E-state index in [1.54, 1.807) is 24.3 Å². The SMILES string of the molecule is COc1ccccc1C1(C)OC(=O)C(=C2SCCS2)C(=O)O1. The average Bonchev–Trinajstić information content (AvgIpc) is 3.00. The molecule has 2 aliphatic rings. The molecular weight excluding hydrogens is 324 g/mol. The van der Waals surface area contributed by atoms with Crippen LogP contribution < -0.4 is 4.74 Å². The molecule has 0 aliphatic carbocycles. The molecule has 116 valence electrons. The van der Waals surface area contributed by atoms with Crippen molar-refractivity contribution in [2.75, 3.05) is 18.6 Å². The van der Waals surface area contributed by atoms with Gasteiger partial charge in [0.1, 0.15) is 5.75 Å². The zero-order chi connectivity index (χ0) is 15.7. The topological polar surface area (TPSA) is 61.8 Å². The fourth-order valence-corrected chi connectivity index (χ4v) is 4.80. The van der Waals surface area contributed by atoms with Crippen molar-refractivity contribution in [2.24, 2.45) is 0 Å². The number of para-hydroxylation sites is 1. The van der Waals surface area contributed by atoms with E-state index in [9.17, 15) is 9.59 Å². The normalized spacial score (nSPS) is 25.0. The molecule has 1 aromatic rings. The van der Waals surface area contributed by atoms with Gasteiger partial charge in [-0.1, -0.05) is 12.1 Å². The minimum absolute atomic E-state index is 0.000118. The molecule has 0 aromatic heterocycles. The minimum atomic E-state index is -1.49. The van der Waals surface area contributed by atoms with E-state index < -0.39 is 17.7 Å². The largest absolute Gasteiger partial charge is 0.496 e. The van der Waals surface area contributed by atoms with Crippen LogP contribution in [0.1, 0.15) is 12.5 Å². The maximum absolute atomic E-state index is 12.3. The smallest absolute Gasteiger partial charge is 0.350 e. The molecule has 0 unspecified atom stereocenters. The Morgan fingerprint density at radius 1 is 1.09 bits per heavy atom. The number of methoxy groups -OCH3 is 1. The Labute approximate surface area is 136 Å². The third-order valence-electron chi connectivity index (χ3n) is 3.33. The lowest BCUT2D eigenvalue weighted by Crippen LogP contribution is -2.42. The van der Waals surface area contributed by atoms with Gasteiger partial charge in [0.25, 0.3) is 5.79 Å². The van der Waals surface area contributed by atoms with Crippen molar-refractivity contribution >= 4 is 35.5 Å². The first-order valence-electron chi connectivity index (χ1n) is 6.65. The van der Waals surface area contributed by atoms with Gasteiger partial charge in [-0.3, -0.25) is 0 Å². The van der Waals surface area contributed by atoms with Crippen molar-refractivity contribution in [3.8, 4) is 5.75 Å². The lowest BCUT2D eigenvalue weighted by molar-refractivity contribution is -0.234. The van der Waals surface area contributed by atoms with E-state index in [0.717, 1.165) is 11.5 Å². The maximum Gasteiger partial charge on any atom is 0.350 e. The van der Waals surface area contributed by atoms with Crippen LogP contribution in [-0.4, -0.2) is 30.6 Å². The van der Waals surface area contributed by atoms with Gasteiger partial charge in [0, 0.05) is 18.4 Å². The van der Waals surface area contributed by atoms with E-state index in [1.807, 2.05) is 0 Å². The first-order chi connectivity index (χ1) is 10.5. The van der Waals surface area contributed by atoms with Crippen molar-refractivity contribution < 1.29 is 23.8 Å². The van der Waals surface area contributed by atoms with Gasteiger partial charge >= 0.3 is 11.9 Å². The van der Waals surface area contributed by atoms with Crippen LogP contribution in [0.5, 0.6) is 5.75 Å². The summed E-state index contributed by atoms with van der Waals surface area (Å²) in [7, 11) is 1.51. The summed E-state index contributed by atoms with van der Waals surface area (Å²) < 4.78 is 16.8. The zero-order valence-electron chi connectivity index (χ0n) is 12.1. The van der Waals surface area contributed by atoms with Gasteiger partial charge in [-0.2, -0.15) is 0 Å². The number of carbonyl (C=O) groups excluding carboxylic acids is 2. The lowest BCUT2D eigenvalue weighted by Gasteiger charge is -2.34. The fraction of sp³-hybridized carbons (Fsp3) is 0.333. The summed E-state index contributed by atoms with van der Waals surface area (Å²) in [6.45, 7) is 1.54. The van der Waals surface area contributed by atoms with Crippen molar-refractivity contribution in [3.63, 3.8) is 0 Å². The molecule has 0 saturated carbocycles. The summed E-state index contributed by atoms with van der Waals surface area (Å²) >= 11 is 2.95. The Hall–Kier alpha value is -1.60. The highest BCUT2D eigenvalue weighted by Gasteiger charge is 2.47. The standard InChI is InChI=1S/C15H14O5S2/c1-15(9-5-3-4-6-10(9)18-2)19-12(16)11(13(17)20-15)14-21-7-8-22-14/h3-6H,7-8H2,1-2H3. The zero-order valence-corrected chi connectivity index (χ0v) is 13.7. The highest BCUT2D eigenvalue weighted by molar-refractivity contribution is 8.25. The predicted molar refractivity (Wildman–Crippen MR) is 84.5 cm³/mol. The van der Waals surface area contributed by atoms with Crippen molar-refractivity contribution in [1.82, 2.24) is 0 Å². The number of ether oxygens (including phenoxy) is 3. The van der Waals surface area contributed by atoms with Crippen LogP contribution in [0, 0.1) is 0 Å². The van der Waals surface area contributed by atoms with Crippen molar-refractivity contribution in [1.29, 1.82) is 0 Å². The minimum Gasteiger partial charge on any atom is -0.496 e. The number of carbonyl (C=O) groups is 2. The van der Waals surface area contributed by atoms with Gasteiger partial charge in [0.05, 0.1) is 16.9 Å². The van der Waals surface area contributed by atoms with Gasteiger partial charge in [0.2, 0.25) is 0 Å². The molecule has 5 nitrogen and oxygen atoms in total. The van der Waals surface area contributed by atoms with E-state index in [-0.39, 0.29) is 5.57 Å². The molecule has 2 fully saturated rings. The highest BCUT2D eigenvalue weighted by atomic mass is 32.2. The molecule has 2 heterocycles. The predicted octanol–water partition coefficient (Wildman–Crippen LogP) is 2.66. The first kappa shape index (κ1) is 15.3. The van der Waals surface area contributed by atoms with E-state index >= 15 is 0 Å². The van der Waals surface area contributed by atoms with E-state index in [4.69, 9.17) is 14.2 Å². The van der Waals surface area contributed by atoms with Crippen LogP contribution in [-0.2, 0) is 24.8 Å². The summed E-state index contributed by atoms with van der Waals surface area (Å²) in [5.41, 5.74) is 0.495. The monoisotopic (exact) mass is 338 g/mol. The molecule has 2 aliphatic heterocycles. The quantitative estimate of drug-likeness (QED) is 0.467. The Bertz CT molecular complexity index is 640. The van der Waals surface area contributed by atoms with E-state index in [1.165, 1.54) is 37.6 Å². The first-order valence-corrected chi connectivity index (χ1v) is 8.62. The molecule has 7 heteroatoms. The number of rotatable bonds is 2. The number of thioether (sulfide) groups is 2. The summed E-state index contributed by atoms with van der Waals surface area (Å²) in [5, 5.41) is 0. The van der Waals surface area contributed by atoms with Gasteiger partial charge in [-0.25, -0.2) is 9.59 Å². The van der Waals surface area contributed by atoms with Gasteiger partial charge in [-0.05, 0) is 12.1 Å². The van der Waals surface area contributed by atoms with Crippen LogP contribution in [0.4, 0.5) is 0 Å². The second-order valence-corrected chi connectivity index (χ2v) is 7.25. The molecule has 3 rings (SSSR count). The van der Waals surface area contributed by atoms with Crippen molar-refractivity contribution in [2.45, 2.75) is 12.7 Å². The highest BCUT2D eigenvalue weighted by Crippen LogP contribution is 2.44. The molecule has 0 N–H and O–H groups in total. The lowest BCUT2D eigenvalue weighted by atomic mass is 10.0. The molecule has 0 atom stereocenters. The van der Waals surface area contributed by atoms with Gasteiger partial charge < -0.3 is 14.2 Å². The van der Waals surface area contributed by atoms with Crippen LogP contribution in [0.25, 0.3) is 0 Å². The van der Waals surface area contributed by atoms with Crippen LogP contribution in [0.15, 0.2) is 34.1 Å². The molecule has 0 amide bonds. The number of esters is 2. The molecule has 1 aromatic carbocycles. The van der Waals surface area contributed by atoms with Crippen LogP contribution >= 0.6 is 23.5 Å². The fourth-order valence-electron chi connectivity index (χ4n) is 2.31. The second-order valence-electron chi connectivity index (χ2n) is 4.78. The Morgan fingerprint density at radius 2 is 1.68 bits per heavy atom. The van der Waals surface area contributed by atoms with E-state index in [2.05, 4.69) is 0 Å². The number of hydrogen-bond donors (Lipinski definition) is 0. The summed E-state index contributed by atoms with van der Waals surface area (Å²) in [5.74, 6) is -0.560. The van der Waals surface area contributed by atoms with E-state index in [0.29, 0.717) is 15.6 Å². The van der Waals surface area contributed by atoms with Crippen molar-refractivity contribution in [3.05, 3.63) is 39.6 Å². The number of cyclic esters (lactones) is 2. The second kappa shape index (κ2) is 5.89. The molecule has 2 saturated heterocycles. The van der Waals surface area contributed by atoms with Gasteiger partial charge in [-0.15, -0.1) is 23.5 Å². The Balaban J connectivity index is 1.97. The molecule has 0 spiro atoms. The van der Waals surface area contributed by atoms with Crippen LogP contribution in [0.2, 0.25) is 0 Å². The molecular formula is C15H14O5S2. The van der Waals surface area contributed by atoms with Crippen LogP contribution in [0.3, 0.4) is 0 Å².